The maximum atomic E-state index is 5.79. The Morgan fingerprint density at radius 1 is 1.29 bits per heavy atom. The molecule has 0 aromatic carbocycles. The summed E-state index contributed by atoms with van der Waals surface area (Å²) in [7, 11) is 0. The van der Waals surface area contributed by atoms with Gasteiger partial charge in [0, 0.05) is 30.7 Å². The van der Waals surface area contributed by atoms with Gasteiger partial charge in [-0.2, -0.15) is 0 Å². The Kier molecular flexibility index (Phi) is 3.54. The fraction of sp³-hybridized carbons (Fsp3) is 0.250. The molecule has 1 N–H and O–H groups in total. The lowest BCUT2D eigenvalue weighted by Gasteiger charge is -2.08. The van der Waals surface area contributed by atoms with E-state index in [1.54, 1.807) is 6.20 Å². The highest BCUT2D eigenvalue weighted by Crippen LogP contribution is 2.12. The van der Waals surface area contributed by atoms with Gasteiger partial charge in [0.15, 0.2) is 0 Å². The van der Waals surface area contributed by atoms with Crippen molar-refractivity contribution in [1.29, 1.82) is 0 Å². The van der Waals surface area contributed by atoms with Crippen molar-refractivity contribution in [2.75, 3.05) is 5.32 Å². The first-order valence-electron chi connectivity index (χ1n) is 5.29. The summed E-state index contributed by atoms with van der Waals surface area (Å²) >= 11 is 5.79. The van der Waals surface area contributed by atoms with Gasteiger partial charge < -0.3 is 5.32 Å². The van der Waals surface area contributed by atoms with Gasteiger partial charge in [0.1, 0.15) is 5.82 Å². The number of halogens is 1. The second-order valence-corrected chi connectivity index (χ2v) is 4.16. The van der Waals surface area contributed by atoms with Crippen molar-refractivity contribution < 1.29 is 0 Å². The molecule has 2 heterocycles. The predicted molar refractivity (Wildman–Crippen MR) is 68.1 cm³/mol. The molecule has 0 spiro atoms. The maximum Gasteiger partial charge on any atom is 0.224 e. The second kappa shape index (κ2) is 5.10. The number of hydrogen-bond acceptors (Lipinski definition) is 4. The molecular formula is C12H13ClN4. The average molecular weight is 249 g/mol. The van der Waals surface area contributed by atoms with E-state index in [1.807, 2.05) is 25.3 Å². The zero-order valence-electron chi connectivity index (χ0n) is 9.74. The Bertz CT molecular complexity index is 507. The van der Waals surface area contributed by atoms with Crippen LogP contribution in [0.2, 0.25) is 5.28 Å². The SMILES string of the molecule is Cc1cc(NCc2cnccc2C)nc(Cl)n1. The maximum absolute atomic E-state index is 5.79. The molecule has 0 aliphatic heterocycles. The Labute approximate surface area is 105 Å². The fourth-order valence-electron chi connectivity index (χ4n) is 1.49. The van der Waals surface area contributed by atoms with Gasteiger partial charge in [-0.3, -0.25) is 4.98 Å². The third-order valence-electron chi connectivity index (χ3n) is 2.43. The van der Waals surface area contributed by atoms with Crippen molar-refractivity contribution in [2.45, 2.75) is 20.4 Å². The molecular weight excluding hydrogens is 236 g/mol. The van der Waals surface area contributed by atoms with Crippen LogP contribution in [-0.2, 0) is 6.54 Å². The van der Waals surface area contributed by atoms with E-state index in [2.05, 4.69) is 27.2 Å². The summed E-state index contributed by atoms with van der Waals surface area (Å²) in [5.74, 6) is 0.728. The van der Waals surface area contributed by atoms with Crippen LogP contribution >= 0.6 is 11.6 Å². The van der Waals surface area contributed by atoms with E-state index in [9.17, 15) is 0 Å². The molecule has 0 radical (unpaired) electrons. The number of rotatable bonds is 3. The smallest absolute Gasteiger partial charge is 0.224 e. The molecule has 0 aliphatic carbocycles. The molecule has 0 saturated heterocycles. The molecule has 2 rings (SSSR count). The molecule has 2 aromatic rings. The van der Waals surface area contributed by atoms with E-state index < -0.39 is 0 Å². The number of aryl methyl sites for hydroxylation is 2. The molecule has 0 aliphatic rings. The van der Waals surface area contributed by atoms with Crippen molar-refractivity contribution in [3.05, 3.63) is 46.6 Å². The van der Waals surface area contributed by atoms with Crippen LogP contribution in [0.4, 0.5) is 5.82 Å². The zero-order chi connectivity index (χ0) is 12.3. The summed E-state index contributed by atoms with van der Waals surface area (Å²) in [5.41, 5.74) is 3.18. The van der Waals surface area contributed by atoms with Crippen LogP contribution < -0.4 is 5.32 Å². The lowest BCUT2D eigenvalue weighted by molar-refractivity contribution is 1.03. The van der Waals surface area contributed by atoms with Crippen LogP contribution in [0.1, 0.15) is 16.8 Å². The van der Waals surface area contributed by atoms with Crippen LogP contribution in [0.5, 0.6) is 0 Å². The first kappa shape index (κ1) is 11.8. The zero-order valence-corrected chi connectivity index (χ0v) is 10.5. The Balaban J connectivity index is 2.10. The predicted octanol–water partition coefficient (Wildman–Crippen LogP) is 2.75. The standard InChI is InChI=1S/C12H13ClN4/c1-8-3-4-14-6-10(8)7-15-11-5-9(2)16-12(13)17-11/h3-6H,7H2,1-2H3,(H,15,16,17). The molecule has 4 nitrogen and oxygen atoms in total. The third kappa shape index (κ3) is 3.14. The van der Waals surface area contributed by atoms with Crippen molar-refractivity contribution in [3.63, 3.8) is 0 Å². The highest BCUT2D eigenvalue weighted by molar-refractivity contribution is 6.28. The Morgan fingerprint density at radius 2 is 2.12 bits per heavy atom. The van der Waals surface area contributed by atoms with Crippen molar-refractivity contribution >= 4 is 17.4 Å². The summed E-state index contributed by atoms with van der Waals surface area (Å²) in [6, 6.07) is 3.84. The van der Waals surface area contributed by atoms with E-state index in [-0.39, 0.29) is 5.28 Å². The van der Waals surface area contributed by atoms with Crippen LogP contribution in [-0.4, -0.2) is 15.0 Å². The van der Waals surface area contributed by atoms with E-state index in [1.165, 1.54) is 5.56 Å². The molecule has 0 unspecified atom stereocenters. The van der Waals surface area contributed by atoms with Gasteiger partial charge >= 0.3 is 0 Å². The number of pyridine rings is 1. The molecule has 0 amide bonds. The summed E-state index contributed by atoms with van der Waals surface area (Å²) in [6.07, 6.45) is 3.63. The monoisotopic (exact) mass is 248 g/mol. The van der Waals surface area contributed by atoms with Gasteiger partial charge in [-0.1, -0.05) is 0 Å². The van der Waals surface area contributed by atoms with E-state index in [0.717, 1.165) is 17.1 Å². The van der Waals surface area contributed by atoms with Crippen LogP contribution in [0.25, 0.3) is 0 Å². The number of aromatic nitrogens is 3. The fourth-order valence-corrected chi connectivity index (χ4v) is 1.71. The summed E-state index contributed by atoms with van der Waals surface area (Å²) in [6.45, 7) is 4.61. The van der Waals surface area contributed by atoms with Crippen LogP contribution in [0, 0.1) is 13.8 Å². The number of nitrogens with one attached hydrogen (secondary N) is 1. The summed E-state index contributed by atoms with van der Waals surface area (Å²) in [5, 5.41) is 3.47. The first-order chi connectivity index (χ1) is 8.15. The minimum atomic E-state index is 0.260. The van der Waals surface area contributed by atoms with Gasteiger partial charge in [-0.15, -0.1) is 0 Å². The molecule has 5 heteroatoms. The third-order valence-corrected chi connectivity index (χ3v) is 2.60. The van der Waals surface area contributed by atoms with Gasteiger partial charge in [-0.05, 0) is 42.6 Å². The Hall–Kier alpha value is -1.68. The lowest BCUT2D eigenvalue weighted by atomic mass is 10.1. The highest BCUT2D eigenvalue weighted by Gasteiger charge is 2.01. The quantitative estimate of drug-likeness (QED) is 0.849. The average Bonchev–Trinajstić information content (AvgIpc) is 2.27. The van der Waals surface area contributed by atoms with Crippen molar-refractivity contribution in [1.82, 2.24) is 15.0 Å². The molecule has 0 saturated carbocycles. The topological polar surface area (TPSA) is 50.7 Å². The number of nitrogens with zero attached hydrogens (tertiary/aromatic N) is 3. The molecule has 17 heavy (non-hydrogen) atoms. The van der Waals surface area contributed by atoms with Gasteiger partial charge in [0.2, 0.25) is 5.28 Å². The van der Waals surface area contributed by atoms with Gasteiger partial charge in [0.05, 0.1) is 0 Å². The summed E-state index contributed by atoms with van der Waals surface area (Å²) in [4.78, 5) is 12.2. The largest absolute Gasteiger partial charge is 0.366 e. The van der Waals surface area contributed by atoms with Crippen LogP contribution in [0.15, 0.2) is 24.5 Å². The molecule has 0 fully saturated rings. The van der Waals surface area contributed by atoms with E-state index in [4.69, 9.17) is 11.6 Å². The molecule has 0 bridgehead atoms. The minimum absolute atomic E-state index is 0.260. The molecule has 2 aromatic heterocycles. The van der Waals surface area contributed by atoms with Crippen molar-refractivity contribution in [2.24, 2.45) is 0 Å². The minimum Gasteiger partial charge on any atom is -0.366 e. The highest BCUT2D eigenvalue weighted by atomic mass is 35.5. The Morgan fingerprint density at radius 3 is 2.82 bits per heavy atom. The van der Waals surface area contributed by atoms with Crippen molar-refractivity contribution in [3.8, 4) is 0 Å². The molecule has 0 atom stereocenters. The normalized spacial score (nSPS) is 10.3. The first-order valence-corrected chi connectivity index (χ1v) is 5.67. The van der Waals surface area contributed by atoms with E-state index >= 15 is 0 Å². The second-order valence-electron chi connectivity index (χ2n) is 3.82. The number of anilines is 1. The van der Waals surface area contributed by atoms with Gasteiger partial charge in [-0.25, -0.2) is 9.97 Å². The van der Waals surface area contributed by atoms with Crippen LogP contribution in [0.3, 0.4) is 0 Å². The van der Waals surface area contributed by atoms with E-state index in [0.29, 0.717) is 6.54 Å². The van der Waals surface area contributed by atoms with Gasteiger partial charge in [0.25, 0.3) is 0 Å². The number of hydrogen-bond donors (Lipinski definition) is 1. The molecule has 88 valence electrons. The lowest BCUT2D eigenvalue weighted by Crippen LogP contribution is -2.04. The summed E-state index contributed by atoms with van der Waals surface area (Å²) < 4.78 is 0.